The maximum Gasteiger partial charge on any atom is 0.416 e. The number of carbonyl (C=O) groups is 2. The molecule has 1 unspecified atom stereocenters. The van der Waals surface area contributed by atoms with Gasteiger partial charge >= 0.3 is 6.18 Å². The molecule has 8 heteroatoms. The largest absolute Gasteiger partial charge is 0.416 e. The van der Waals surface area contributed by atoms with Crippen molar-refractivity contribution < 1.29 is 27.2 Å². The first kappa shape index (κ1) is 19.9. The average Bonchev–Trinajstić information content (AvgIpc) is 3.07. The first-order valence-corrected chi connectivity index (χ1v) is 8.75. The van der Waals surface area contributed by atoms with E-state index in [1.165, 1.54) is 0 Å². The summed E-state index contributed by atoms with van der Waals surface area (Å²) in [4.78, 5) is 25.7. The molecule has 1 aliphatic rings. The van der Waals surface area contributed by atoms with Gasteiger partial charge in [-0.15, -0.1) is 0 Å². The number of anilines is 1. The lowest BCUT2D eigenvalue weighted by atomic mass is 10.1. The second-order valence-electron chi connectivity index (χ2n) is 6.63. The smallest absolute Gasteiger partial charge is 0.345 e. The van der Waals surface area contributed by atoms with Gasteiger partial charge < -0.3 is 10.2 Å². The average molecular weight is 394 g/mol. The van der Waals surface area contributed by atoms with Gasteiger partial charge in [-0.25, -0.2) is 4.39 Å². The van der Waals surface area contributed by atoms with Gasteiger partial charge in [0, 0.05) is 18.7 Å². The standard InChI is InChI=1S/C20H18F4N2O2/c1-12(13-4-7-15(8-5-13)26-10-2-3-18(26)27)25-19(28)16-11-14(20(22,23)24)6-9-17(16)21/h4-9,11-12H,2-3,10H2,1H3,(H,25,28). The topological polar surface area (TPSA) is 49.4 Å². The van der Waals surface area contributed by atoms with Crippen molar-refractivity contribution in [3.63, 3.8) is 0 Å². The number of rotatable bonds is 4. The van der Waals surface area contributed by atoms with Gasteiger partial charge in [-0.1, -0.05) is 12.1 Å². The molecular weight excluding hydrogens is 376 g/mol. The maximum atomic E-state index is 13.9. The molecule has 0 spiro atoms. The zero-order valence-electron chi connectivity index (χ0n) is 15.0. The van der Waals surface area contributed by atoms with Crippen molar-refractivity contribution in [1.82, 2.24) is 5.32 Å². The second kappa shape index (κ2) is 7.61. The highest BCUT2D eigenvalue weighted by molar-refractivity contribution is 5.96. The Bertz CT molecular complexity index is 894. The number of carbonyl (C=O) groups excluding carboxylic acids is 2. The van der Waals surface area contributed by atoms with Crippen molar-refractivity contribution in [2.75, 3.05) is 11.4 Å². The molecule has 2 aromatic rings. The summed E-state index contributed by atoms with van der Waals surface area (Å²) in [6.45, 7) is 2.29. The molecule has 1 N–H and O–H groups in total. The van der Waals surface area contributed by atoms with Crippen LogP contribution in [0.2, 0.25) is 0 Å². The van der Waals surface area contributed by atoms with E-state index in [0.717, 1.165) is 12.1 Å². The van der Waals surface area contributed by atoms with Crippen LogP contribution in [0.1, 0.15) is 47.3 Å². The molecule has 2 amide bonds. The number of halogens is 4. The van der Waals surface area contributed by atoms with E-state index < -0.39 is 35.1 Å². The quantitative estimate of drug-likeness (QED) is 0.779. The number of alkyl halides is 3. The third kappa shape index (κ3) is 4.16. The van der Waals surface area contributed by atoms with Gasteiger partial charge in [0.2, 0.25) is 5.91 Å². The Kier molecular flexibility index (Phi) is 5.40. The van der Waals surface area contributed by atoms with Crippen molar-refractivity contribution in [1.29, 1.82) is 0 Å². The van der Waals surface area contributed by atoms with Gasteiger partial charge in [0.25, 0.3) is 5.91 Å². The maximum absolute atomic E-state index is 13.9. The Hall–Kier alpha value is -2.90. The number of hydrogen-bond acceptors (Lipinski definition) is 2. The predicted molar refractivity (Wildman–Crippen MR) is 95.3 cm³/mol. The molecule has 0 radical (unpaired) electrons. The van der Waals surface area contributed by atoms with Gasteiger partial charge in [0.1, 0.15) is 5.82 Å². The van der Waals surface area contributed by atoms with Crippen LogP contribution in [0.25, 0.3) is 0 Å². The highest BCUT2D eigenvalue weighted by atomic mass is 19.4. The molecule has 2 aromatic carbocycles. The summed E-state index contributed by atoms with van der Waals surface area (Å²) in [6.07, 6.45) is -3.36. The summed E-state index contributed by atoms with van der Waals surface area (Å²) in [5.74, 6) is -1.91. The van der Waals surface area contributed by atoms with Crippen molar-refractivity contribution in [2.24, 2.45) is 0 Å². The number of nitrogens with one attached hydrogen (secondary N) is 1. The highest BCUT2D eigenvalue weighted by Crippen LogP contribution is 2.30. The lowest BCUT2D eigenvalue weighted by molar-refractivity contribution is -0.137. The molecule has 1 saturated heterocycles. The summed E-state index contributed by atoms with van der Waals surface area (Å²) in [5.41, 5.74) is -0.336. The SMILES string of the molecule is CC(NC(=O)c1cc(C(F)(F)F)ccc1F)c1ccc(N2CCCC2=O)cc1. The molecule has 3 rings (SSSR count). The Balaban J connectivity index is 1.73. The summed E-state index contributed by atoms with van der Waals surface area (Å²) in [7, 11) is 0. The van der Waals surface area contributed by atoms with Crippen LogP contribution in [0, 0.1) is 5.82 Å². The van der Waals surface area contributed by atoms with Crippen LogP contribution in [0.15, 0.2) is 42.5 Å². The highest BCUT2D eigenvalue weighted by Gasteiger charge is 2.32. The van der Waals surface area contributed by atoms with Crippen LogP contribution in [0.3, 0.4) is 0 Å². The minimum absolute atomic E-state index is 0.0501. The van der Waals surface area contributed by atoms with Crippen LogP contribution < -0.4 is 10.2 Å². The van der Waals surface area contributed by atoms with Crippen LogP contribution >= 0.6 is 0 Å². The van der Waals surface area contributed by atoms with Crippen molar-refractivity contribution >= 4 is 17.5 Å². The van der Waals surface area contributed by atoms with E-state index in [2.05, 4.69) is 5.32 Å². The molecule has 1 aliphatic heterocycles. The molecular formula is C20H18F4N2O2. The minimum Gasteiger partial charge on any atom is -0.345 e. The van der Waals surface area contributed by atoms with Gasteiger partial charge in [0.15, 0.2) is 0 Å². The van der Waals surface area contributed by atoms with E-state index in [1.54, 1.807) is 36.1 Å². The Morgan fingerprint density at radius 1 is 1.14 bits per heavy atom. The van der Waals surface area contributed by atoms with Crippen LogP contribution in [-0.2, 0) is 11.0 Å². The fourth-order valence-corrected chi connectivity index (χ4v) is 3.10. The fourth-order valence-electron chi connectivity index (χ4n) is 3.10. The first-order chi connectivity index (χ1) is 13.2. The Morgan fingerprint density at radius 3 is 2.39 bits per heavy atom. The fraction of sp³-hybridized carbons (Fsp3) is 0.300. The van der Waals surface area contributed by atoms with Crippen LogP contribution in [0.4, 0.5) is 23.2 Å². The number of nitrogens with zero attached hydrogens (tertiary/aromatic N) is 1. The van der Waals surface area contributed by atoms with Crippen molar-refractivity contribution in [2.45, 2.75) is 32.0 Å². The summed E-state index contributed by atoms with van der Waals surface area (Å²) in [5, 5.41) is 2.50. The molecule has 0 aliphatic carbocycles. The first-order valence-electron chi connectivity index (χ1n) is 8.75. The molecule has 0 bridgehead atoms. The van der Waals surface area contributed by atoms with Crippen molar-refractivity contribution in [3.8, 4) is 0 Å². The summed E-state index contributed by atoms with van der Waals surface area (Å²) < 4.78 is 52.3. The molecule has 4 nitrogen and oxygen atoms in total. The Morgan fingerprint density at radius 2 is 1.82 bits per heavy atom. The van der Waals surface area contributed by atoms with Gasteiger partial charge in [-0.3, -0.25) is 9.59 Å². The van der Waals surface area contributed by atoms with Crippen LogP contribution in [-0.4, -0.2) is 18.4 Å². The van der Waals surface area contributed by atoms with E-state index in [0.29, 0.717) is 36.7 Å². The second-order valence-corrected chi connectivity index (χ2v) is 6.63. The molecule has 148 valence electrons. The predicted octanol–water partition coefficient (Wildman–Crippen LogP) is 4.46. The number of amides is 2. The van der Waals surface area contributed by atoms with Gasteiger partial charge in [0.05, 0.1) is 17.2 Å². The normalized spacial score (nSPS) is 15.6. The third-order valence-corrected chi connectivity index (χ3v) is 4.66. The molecule has 28 heavy (non-hydrogen) atoms. The number of hydrogen-bond donors (Lipinski definition) is 1. The Labute approximate surface area is 159 Å². The lowest BCUT2D eigenvalue weighted by Crippen LogP contribution is -2.28. The zero-order chi connectivity index (χ0) is 20.5. The minimum atomic E-state index is -4.67. The summed E-state index contributed by atoms with van der Waals surface area (Å²) >= 11 is 0. The summed E-state index contributed by atoms with van der Waals surface area (Å²) in [6, 6.07) is 8.07. The number of benzene rings is 2. The van der Waals surface area contributed by atoms with Gasteiger partial charge in [-0.05, 0) is 49.2 Å². The lowest BCUT2D eigenvalue weighted by Gasteiger charge is -2.19. The molecule has 1 fully saturated rings. The van der Waals surface area contributed by atoms with Crippen molar-refractivity contribution in [3.05, 3.63) is 65.0 Å². The van der Waals surface area contributed by atoms with Gasteiger partial charge in [-0.2, -0.15) is 13.2 Å². The van der Waals surface area contributed by atoms with E-state index in [1.807, 2.05) is 0 Å². The van der Waals surface area contributed by atoms with E-state index >= 15 is 0 Å². The monoisotopic (exact) mass is 394 g/mol. The van der Waals surface area contributed by atoms with Crippen LogP contribution in [0.5, 0.6) is 0 Å². The molecule has 1 heterocycles. The molecule has 0 saturated carbocycles. The third-order valence-electron chi connectivity index (χ3n) is 4.66. The molecule has 1 atom stereocenters. The zero-order valence-corrected chi connectivity index (χ0v) is 15.0. The molecule has 0 aromatic heterocycles. The van der Waals surface area contributed by atoms with E-state index in [-0.39, 0.29) is 5.91 Å². The van der Waals surface area contributed by atoms with E-state index in [9.17, 15) is 27.2 Å². The van der Waals surface area contributed by atoms with E-state index in [4.69, 9.17) is 0 Å².